The van der Waals surface area contributed by atoms with Gasteiger partial charge in [-0.15, -0.1) is 0 Å². The molecule has 0 aliphatic rings. The maximum atomic E-state index is 10.4. The van der Waals surface area contributed by atoms with Crippen molar-refractivity contribution in [2.24, 2.45) is 0 Å². The van der Waals surface area contributed by atoms with Crippen LogP contribution in [-0.4, -0.2) is 21.0 Å². The molecule has 0 aliphatic heterocycles. The third-order valence-electron chi connectivity index (χ3n) is 2.31. The molecule has 0 saturated heterocycles. The monoisotopic (exact) mass is 272 g/mol. The summed E-state index contributed by atoms with van der Waals surface area (Å²) in [5, 5.41) is 9.28. The first-order valence-electron chi connectivity index (χ1n) is 5.64. The molecule has 0 bridgehead atoms. The Balaban J connectivity index is 1.94. The van der Waals surface area contributed by atoms with Gasteiger partial charge in [-0.3, -0.25) is 0 Å². The summed E-state index contributed by atoms with van der Waals surface area (Å²) >= 11 is 1.56. The summed E-state index contributed by atoms with van der Waals surface area (Å²) in [6.07, 6.45) is 6.13. The summed E-state index contributed by atoms with van der Waals surface area (Å²) < 4.78 is 0. The molecule has 4 nitrogen and oxygen atoms in total. The minimum Gasteiger partial charge on any atom is -0.478 e. The van der Waals surface area contributed by atoms with Crippen LogP contribution in [0.4, 0.5) is 0 Å². The Hall–Kier alpha value is -2.14. The average molecular weight is 272 g/mol. The number of hydrogen-bond donors (Lipinski definition) is 1. The van der Waals surface area contributed by atoms with Crippen LogP contribution in [-0.2, 0) is 10.5 Å². The fraction of sp³-hybridized carbons (Fsp3) is 0.0714. The lowest BCUT2D eigenvalue weighted by Gasteiger charge is -2.01. The van der Waals surface area contributed by atoms with Crippen LogP contribution >= 0.6 is 11.8 Å². The quantitative estimate of drug-likeness (QED) is 0.515. The van der Waals surface area contributed by atoms with Crippen molar-refractivity contribution in [3.63, 3.8) is 0 Å². The number of rotatable bonds is 5. The van der Waals surface area contributed by atoms with Gasteiger partial charge in [0.15, 0.2) is 5.16 Å². The second-order valence-electron chi connectivity index (χ2n) is 3.73. The summed E-state index contributed by atoms with van der Waals surface area (Å²) in [7, 11) is 0. The number of benzene rings is 1. The zero-order valence-electron chi connectivity index (χ0n) is 10.1. The first kappa shape index (κ1) is 13.3. The summed E-state index contributed by atoms with van der Waals surface area (Å²) in [5.41, 5.74) is 2.01. The van der Waals surface area contributed by atoms with Gasteiger partial charge in [-0.05, 0) is 23.3 Å². The zero-order valence-corrected chi connectivity index (χ0v) is 10.9. The molecule has 2 aromatic rings. The van der Waals surface area contributed by atoms with E-state index in [0.717, 1.165) is 28.1 Å². The lowest BCUT2D eigenvalue weighted by molar-refractivity contribution is -0.131. The molecule has 0 amide bonds. The average Bonchev–Trinajstić information content (AvgIpc) is 2.45. The smallest absolute Gasteiger partial charge is 0.328 e. The molecule has 19 heavy (non-hydrogen) atoms. The molecule has 1 aromatic heterocycles. The Morgan fingerprint density at radius 2 is 1.89 bits per heavy atom. The molecule has 0 atom stereocenters. The summed E-state index contributed by atoms with van der Waals surface area (Å²) in [5.74, 6) is -0.159. The van der Waals surface area contributed by atoms with Crippen LogP contribution in [0, 0.1) is 0 Å². The molecule has 96 valence electrons. The van der Waals surface area contributed by atoms with Crippen molar-refractivity contribution in [1.82, 2.24) is 9.97 Å². The number of nitrogens with zero attached hydrogens (tertiary/aromatic N) is 2. The first-order chi connectivity index (χ1) is 9.24. The zero-order chi connectivity index (χ0) is 13.5. The minimum absolute atomic E-state index is 0.748. The van der Waals surface area contributed by atoms with Crippen LogP contribution < -0.4 is 0 Å². The molecular formula is C14H12N2O2S. The fourth-order valence-electron chi connectivity index (χ4n) is 1.40. The fourth-order valence-corrected chi connectivity index (χ4v) is 2.16. The molecule has 0 spiro atoms. The third-order valence-corrected chi connectivity index (χ3v) is 3.25. The first-order valence-corrected chi connectivity index (χ1v) is 6.62. The van der Waals surface area contributed by atoms with Gasteiger partial charge in [0.05, 0.1) is 0 Å². The molecule has 0 radical (unpaired) electrons. The van der Waals surface area contributed by atoms with Crippen LogP contribution in [0.3, 0.4) is 0 Å². The Kier molecular flexibility index (Phi) is 4.69. The number of carboxylic acids is 1. The van der Waals surface area contributed by atoms with Crippen molar-refractivity contribution >= 4 is 23.8 Å². The molecule has 0 unspecified atom stereocenters. The lowest BCUT2D eigenvalue weighted by Crippen LogP contribution is -1.87. The van der Waals surface area contributed by atoms with E-state index in [0.29, 0.717) is 0 Å². The second kappa shape index (κ2) is 6.70. The Labute approximate surface area is 115 Å². The standard InChI is InChI=1S/C14H12N2O2S/c17-13(18)7-6-11-2-4-12(5-3-11)10-19-14-15-8-1-9-16-14/h1-9H,10H2,(H,17,18)/b7-6+. The topological polar surface area (TPSA) is 63.1 Å². The van der Waals surface area contributed by atoms with Gasteiger partial charge in [0.25, 0.3) is 0 Å². The lowest BCUT2D eigenvalue weighted by atomic mass is 10.1. The van der Waals surface area contributed by atoms with Crippen LogP contribution in [0.15, 0.2) is 54.0 Å². The van der Waals surface area contributed by atoms with Gasteiger partial charge < -0.3 is 5.11 Å². The Morgan fingerprint density at radius 3 is 2.53 bits per heavy atom. The van der Waals surface area contributed by atoms with E-state index in [9.17, 15) is 4.79 Å². The largest absolute Gasteiger partial charge is 0.478 e. The van der Waals surface area contributed by atoms with Gasteiger partial charge in [0.2, 0.25) is 0 Å². The van der Waals surface area contributed by atoms with Crippen molar-refractivity contribution in [1.29, 1.82) is 0 Å². The molecule has 2 rings (SSSR count). The number of hydrogen-bond acceptors (Lipinski definition) is 4. The number of carbonyl (C=O) groups is 1. The van der Waals surface area contributed by atoms with Crippen LogP contribution in [0.5, 0.6) is 0 Å². The molecule has 1 aromatic carbocycles. The van der Waals surface area contributed by atoms with E-state index in [2.05, 4.69) is 9.97 Å². The van der Waals surface area contributed by atoms with Gasteiger partial charge in [0.1, 0.15) is 0 Å². The number of aliphatic carboxylic acids is 1. The number of carboxylic acid groups (broad SMARTS) is 1. The molecule has 0 aliphatic carbocycles. The highest BCUT2D eigenvalue weighted by atomic mass is 32.2. The van der Waals surface area contributed by atoms with E-state index in [4.69, 9.17) is 5.11 Å². The predicted octanol–water partition coefficient (Wildman–Crippen LogP) is 2.87. The van der Waals surface area contributed by atoms with Crippen LogP contribution in [0.25, 0.3) is 6.08 Å². The van der Waals surface area contributed by atoms with Gasteiger partial charge >= 0.3 is 5.97 Å². The molecule has 1 N–H and O–H groups in total. The van der Waals surface area contributed by atoms with Gasteiger partial charge in [-0.2, -0.15) is 0 Å². The molecule has 0 fully saturated rings. The normalized spacial score (nSPS) is 10.7. The van der Waals surface area contributed by atoms with Crippen molar-refractivity contribution in [3.05, 3.63) is 59.9 Å². The minimum atomic E-state index is -0.944. The predicted molar refractivity (Wildman–Crippen MR) is 74.7 cm³/mol. The SMILES string of the molecule is O=C(O)/C=C/c1ccc(CSc2ncccn2)cc1. The highest BCUT2D eigenvalue weighted by Gasteiger charge is 1.98. The summed E-state index contributed by atoms with van der Waals surface area (Å²) in [6, 6.07) is 9.50. The van der Waals surface area contributed by atoms with Crippen molar-refractivity contribution in [2.75, 3.05) is 0 Å². The molecule has 0 saturated carbocycles. The van der Waals surface area contributed by atoms with Crippen molar-refractivity contribution < 1.29 is 9.90 Å². The summed E-state index contributed by atoms with van der Waals surface area (Å²) in [4.78, 5) is 18.7. The van der Waals surface area contributed by atoms with E-state index in [1.165, 1.54) is 0 Å². The third kappa shape index (κ3) is 4.56. The summed E-state index contributed by atoms with van der Waals surface area (Å²) in [6.45, 7) is 0. The second-order valence-corrected chi connectivity index (χ2v) is 4.68. The molecule has 1 heterocycles. The van der Waals surface area contributed by atoms with Crippen molar-refractivity contribution in [2.45, 2.75) is 10.9 Å². The van der Waals surface area contributed by atoms with Gasteiger partial charge in [-0.1, -0.05) is 36.0 Å². The Morgan fingerprint density at radius 1 is 1.21 bits per heavy atom. The van der Waals surface area contributed by atoms with Crippen LogP contribution in [0.2, 0.25) is 0 Å². The Bertz CT molecular complexity index is 568. The van der Waals surface area contributed by atoms with E-state index in [1.54, 1.807) is 36.3 Å². The molecular weight excluding hydrogens is 260 g/mol. The maximum Gasteiger partial charge on any atom is 0.328 e. The van der Waals surface area contributed by atoms with Crippen LogP contribution in [0.1, 0.15) is 11.1 Å². The van der Waals surface area contributed by atoms with E-state index in [1.807, 2.05) is 24.3 Å². The number of aromatic nitrogens is 2. The highest BCUT2D eigenvalue weighted by Crippen LogP contribution is 2.18. The van der Waals surface area contributed by atoms with Gasteiger partial charge in [-0.25, -0.2) is 14.8 Å². The highest BCUT2D eigenvalue weighted by molar-refractivity contribution is 7.98. The van der Waals surface area contributed by atoms with Crippen molar-refractivity contribution in [3.8, 4) is 0 Å². The van der Waals surface area contributed by atoms with E-state index < -0.39 is 5.97 Å². The van der Waals surface area contributed by atoms with Gasteiger partial charge in [0, 0.05) is 24.2 Å². The number of thioether (sulfide) groups is 1. The van der Waals surface area contributed by atoms with E-state index >= 15 is 0 Å². The maximum absolute atomic E-state index is 10.4. The van der Waals surface area contributed by atoms with E-state index in [-0.39, 0.29) is 0 Å². The molecule has 5 heteroatoms.